The molecule has 0 aliphatic carbocycles. The second kappa shape index (κ2) is 7.71. The number of hydrogen-bond donors (Lipinski definition) is 0. The molecule has 0 spiro atoms. The Balaban J connectivity index is 1.55. The van der Waals surface area contributed by atoms with E-state index >= 15 is 0 Å². The number of carbonyl (C=O) groups is 1. The molecule has 0 atom stereocenters. The molecule has 0 amide bonds. The van der Waals surface area contributed by atoms with Gasteiger partial charge in [0.25, 0.3) is 0 Å². The van der Waals surface area contributed by atoms with Gasteiger partial charge in [0, 0.05) is 24.0 Å². The van der Waals surface area contributed by atoms with Crippen LogP contribution in [-0.4, -0.2) is 30.9 Å². The van der Waals surface area contributed by atoms with Crippen LogP contribution < -0.4 is 0 Å². The van der Waals surface area contributed by atoms with Crippen LogP contribution in [0.3, 0.4) is 0 Å². The van der Waals surface area contributed by atoms with E-state index in [2.05, 4.69) is 10.2 Å². The molecule has 29 heavy (non-hydrogen) atoms. The predicted octanol–water partition coefficient (Wildman–Crippen LogP) is 4.60. The zero-order valence-corrected chi connectivity index (χ0v) is 17.0. The average Bonchev–Trinajstić information content (AvgIpc) is 3.41. The Kier molecular flexibility index (Phi) is 5.10. The molecule has 3 aromatic heterocycles. The minimum absolute atomic E-state index is 0.0479. The first kappa shape index (κ1) is 19.2. The average molecular weight is 410 g/mol. The van der Waals surface area contributed by atoms with Gasteiger partial charge in [0.15, 0.2) is 22.5 Å². The van der Waals surface area contributed by atoms with Gasteiger partial charge < -0.3 is 13.6 Å². The van der Waals surface area contributed by atoms with Crippen molar-refractivity contribution in [2.45, 2.75) is 19.0 Å². The Morgan fingerprint density at radius 1 is 1.17 bits per heavy atom. The lowest BCUT2D eigenvalue weighted by Crippen LogP contribution is -2.07. The van der Waals surface area contributed by atoms with E-state index in [1.54, 1.807) is 51.8 Å². The zero-order valence-electron chi connectivity index (χ0n) is 16.2. The van der Waals surface area contributed by atoms with Gasteiger partial charge in [0.2, 0.25) is 0 Å². The fourth-order valence-electron chi connectivity index (χ4n) is 3.32. The van der Waals surface area contributed by atoms with E-state index in [4.69, 9.17) is 4.42 Å². The van der Waals surface area contributed by atoms with E-state index in [-0.39, 0.29) is 17.4 Å². The molecule has 0 N–H and O–H groups in total. The molecule has 0 aliphatic heterocycles. The Hall–Kier alpha value is -3.13. The van der Waals surface area contributed by atoms with Crippen LogP contribution in [-0.2, 0) is 7.05 Å². The molecule has 148 valence electrons. The normalized spacial score (nSPS) is 11.2. The maximum Gasteiger partial charge on any atom is 0.200 e. The summed E-state index contributed by atoms with van der Waals surface area (Å²) in [5, 5.41) is 8.90. The summed E-state index contributed by atoms with van der Waals surface area (Å²) < 4.78 is 23.2. The van der Waals surface area contributed by atoms with Gasteiger partial charge in [-0.3, -0.25) is 4.79 Å². The lowest BCUT2D eigenvalue weighted by molar-refractivity contribution is 0.102. The summed E-state index contributed by atoms with van der Waals surface area (Å²) in [7, 11) is 1.83. The molecule has 4 rings (SSSR count). The summed E-state index contributed by atoms with van der Waals surface area (Å²) in [5.41, 5.74) is 2.53. The number of benzene rings is 1. The van der Waals surface area contributed by atoms with Crippen molar-refractivity contribution < 1.29 is 13.6 Å². The molecule has 0 saturated carbocycles. The number of aryl methyl sites for hydroxylation is 1. The predicted molar refractivity (Wildman–Crippen MR) is 109 cm³/mol. The maximum atomic E-state index is 14.2. The number of hydrogen-bond acceptors (Lipinski definition) is 5. The summed E-state index contributed by atoms with van der Waals surface area (Å²) in [4.78, 5) is 12.9. The quantitative estimate of drug-likeness (QED) is 0.343. The maximum absolute atomic E-state index is 14.2. The number of ketones is 1. The first-order chi connectivity index (χ1) is 14.0. The van der Waals surface area contributed by atoms with Crippen molar-refractivity contribution in [2.24, 2.45) is 7.05 Å². The molecule has 0 saturated heterocycles. The number of rotatable bonds is 6. The van der Waals surface area contributed by atoms with Crippen LogP contribution in [0.25, 0.3) is 17.3 Å². The van der Waals surface area contributed by atoms with Gasteiger partial charge in [-0.25, -0.2) is 4.39 Å². The summed E-state index contributed by atoms with van der Waals surface area (Å²) in [5.74, 6) is 1.04. The number of Topliss-reactive ketones (excluding diaryl/α,β-unsaturated/α-hetero) is 1. The number of nitrogens with zero attached hydrogens (tertiary/aromatic N) is 4. The molecule has 0 fully saturated rings. The fraction of sp³-hybridized carbons (Fsp3) is 0.190. The van der Waals surface area contributed by atoms with Gasteiger partial charge in [0.05, 0.1) is 17.7 Å². The molecule has 0 unspecified atom stereocenters. The number of halogens is 1. The second-order valence-electron chi connectivity index (χ2n) is 6.63. The Morgan fingerprint density at radius 2 is 1.97 bits per heavy atom. The third-order valence-corrected chi connectivity index (χ3v) is 5.75. The van der Waals surface area contributed by atoms with E-state index in [1.165, 1.54) is 17.8 Å². The highest BCUT2D eigenvalue weighted by Crippen LogP contribution is 2.26. The Bertz CT molecular complexity index is 1180. The smallest absolute Gasteiger partial charge is 0.200 e. The number of aromatic nitrogens is 4. The van der Waals surface area contributed by atoms with Gasteiger partial charge in [-0.1, -0.05) is 23.9 Å². The van der Waals surface area contributed by atoms with Gasteiger partial charge >= 0.3 is 0 Å². The summed E-state index contributed by atoms with van der Waals surface area (Å²) >= 11 is 1.31. The molecule has 3 heterocycles. The van der Waals surface area contributed by atoms with E-state index in [1.807, 2.05) is 20.9 Å². The van der Waals surface area contributed by atoms with Crippen molar-refractivity contribution in [3.63, 3.8) is 0 Å². The highest BCUT2D eigenvalue weighted by molar-refractivity contribution is 7.99. The fourth-order valence-corrected chi connectivity index (χ4v) is 4.11. The van der Waals surface area contributed by atoms with Gasteiger partial charge in [0.1, 0.15) is 5.82 Å². The van der Waals surface area contributed by atoms with Crippen LogP contribution in [0, 0.1) is 19.7 Å². The van der Waals surface area contributed by atoms with E-state index in [9.17, 15) is 9.18 Å². The highest BCUT2D eigenvalue weighted by atomic mass is 32.2. The van der Waals surface area contributed by atoms with Crippen LogP contribution in [0.4, 0.5) is 4.39 Å². The topological polar surface area (TPSA) is 65.8 Å². The second-order valence-corrected chi connectivity index (χ2v) is 7.57. The van der Waals surface area contributed by atoms with E-state index in [0.29, 0.717) is 33.7 Å². The standard InChI is InChI=1S/C21H19FN4O2S/c1-13-11-15(14(2)26(13)17-8-5-4-7-16(17)22)18(27)12-29-21-24-23-20(25(21)3)19-9-6-10-28-19/h4-11H,12H2,1-3H3. The van der Waals surface area contributed by atoms with Crippen molar-refractivity contribution in [3.05, 3.63) is 71.5 Å². The van der Waals surface area contributed by atoms with E-state index in [0.717, 1.165) is 5.69 Å². The Labute approximate surface area is 171 Å². The van der Waals surface area contributed by atoms with Gasteiger partial charge in [-0.2, -0.15) is 0 Å². The lowest BCUT2D eigenvalue weighted by Gasteiger charge is -2.10. The van der Waals surface area contributed by atoms with Crippen LogP contribution in [0.5, 0.6) is 0 Å². The molecule has 8 heteroatoms. The van der Waals surface area contributed by atoms with Crippen molar-refractivity contribution >= 4 is 17.5 Å². The largest absolute Gasteiger partial charge is 0.461 e. The third kappa shape index (κ3) is 3.51. The van der Waals surface area contributed by atoms with Crippen molar-refractivity contribution in [1.82, 2.24) is 19.3 Å². The number of furan rings is 1. The zero-order chi connectivity index (χ0) is 20.5. The summed E-state index contributed by atoms with van der Waals surface area (Å²) in [6.07, 6.45) is 1.58. The molecular formula is C21H19FN4O2S. The minimum Gasteiger partial charge on any atom is -0.461 e. The summed E-state index contributed by atoms with van der Waals surface area (Å²) in [6, 6.07) is 11.9. The monoisotopic (exact) mass is 410 g/mol. The van der Waals surface area contributed by atoms with E-state index < -0.39 is 0 Å². The minimum atomic E-state index is -0.327. The third-order valence-electron chi connectivity index (χ3n) is 4.73. The first-order valence-electron chi connectivity index (χ1n) is 9.00. The molecule has 0 aliphatic rings. The van der Waals surface area contributed by atoms with Crippen molar-refractivity contribution in [2.75, 3.05) is 5.75 Å². The molecule has 1 aromatic carbocycles. The molecule has 0 bridgehead atoms. The first-order valence-corrected chi connectivity index (χ1v) is 9.99. The number of thioether (sulfide) groups is 1. The number of para-hydroxylation sites is 1. The SMILES string of the molecule is Cc1cc(C(=O)CSc2nnc(-c3ccco3)n2C)c(C)n1-c1ccccc1F. The van der Waals surface area contributed by atoms with Crippen molar-refractivity contribution in [1.29, 1.82) is 0 Å². The highest BCUT2D eigenvalue weighted by Gasteiger charge is 2.20. The lowest BCUT2D eigenvalue weighted by atomic mass is 10.2. The van der Waals surface area contributed by atoms with Crippen LogP contribution in [0.2, 0.25) is 0 Å². The van der Waals surface area contributed by atoms with Crippen LogP contribution in [0.1, 0.15) is 21.7 Å². The number of carbonyl (C=O) groups excluding carboxylic acids is 1. The molecule has 4 aromatic rings. The molecular weight excluding hydrogens is 391 g/mol. The summed E-state index contributed by atoms with van der Waals surface area (Å²) in [6.45, 7) is 3.69. The molecule has 0 radical (unpaired) electrons. The van der Waals surface area contributed by atoms with Crippen LogP contribution >= 0.6 is 11.8 Å². The van der Waals surface area contributed by atoms with Crippen molar-refractivity contribution in [3.8, 4) is 17.3 Å². The van der Waals surface area contributed by atoms with Gasteiger partial charge in [-0.15, -0.1) is 10.2 Å². The van der Waals surface area contributed by atoms with Gasteiger partial charge in [-0.05, 0) is 44.2 Å². The van der Waals surface area contributed by atoms with Crippen LogP contribution in [0.15, 0.2) is 58.3 Å². The Morgan fingerprint density at radius 3 is 2.69 bits per heavy atom. The molecule has 6 nitrogen and oxygen atoms in total.